The first kappa shape index (κ1) is 10.3. The van der Waals surface area contributed by atoms with E-state index in [-0.39, 0.29) is 12.6 Å². The van der Waals surface area contributed by atoms with Gasteiger partial charge in [0.05, 0.1) is 12.1 Å². The Morgan fingerprint density at radius 3 is 3.25 bits per heavy atom. The predicted molar refractivity (Wildman–Crippen MR) is 55.8 cm³/mol. The van der Waals surface area contributed by atoms with E-state index in [1.807, 2.05) is 0 Å². The number of para-hydroxylation sites is 1. The van der Waals surface area contributed by atoms with Gasteiger partial charge in [-0.25, -0.2) is 0 Å². The van der Waals surface area contributed by atoms with Crippen LogP contribution in [0.2, 0.25) is 0 Å². The molecule has 0 amide bonds. The number of aldehydes is 1. The Morgan fingerprint density at radius 2 is 2.50 bits per heavy atom. The quantitative estimate of drug-likeness (QED) is 0.337. The molecule has 0 saturated heterocycles. The van der Waals surface area contributed by atoms with Gasteiger partial charge in [0.1, 0.15) is 12.7 Å². The molecule has 0 bridgehead atoms. The predicted octanol–water partition coefficient (Wildman–Crippen LogP) is 1.95. The zero-order valence-corrected chi connectivity index (χ0v) is 8.37. The Hall–Kier alpha value is -2.20. The lowest BCUT2D eigenvalue weighted by molar-refractivity contribution is 0.0933. The molecule has 0 aromatic heterocycles. The number of carbonyl (C=O) groups excluding carboxylic acids is 1. The summed E-state index contributed by atoms with van der Waals surface area (Å²) >= 11 is 0. The van der Waals surface area contributed by atoms with Crippen molar-refractivity contribution in [3.05, 3.63) is 34.2 Å². The van der Waals surface area contributed by atoms with E-state index < -0.39 is 0 Å². The van der Waals surface area contributed by atoms with Crippen LogP contribution in [0.15, 0.2) is 23.3 Å². The number of benzene rings is 1. The smallest absolute Gasteiger partial charge is 0.172 e. The van der Waals surface area contributed by atoms with Gasteiger partial charge >= 0.3 is 0 Å². The molecular weight excluding hydrogens is 210 g/mol. The second kappa shape index (κ2) is 4.55. The molecule has 1 atom stereocenters. The largest absolute Gasteiger partial charge is 0.486 e. The van der Waals surface area contributed by atoms with Crippen LogP contribution in [-0.2, 0) is 0 Å². The fourth-order valence-corrected chi connectivity index (χ4v) is 1.47. The standard InChI is InChI=1S/C10H9N3O3/c11-13-12-4-8-6-15-9-3-1-2-7(5-14)10(9)16-8/h1-3,5,8H,4,6H2. The van der Waals surface area contributed by atoms with Gasteiger partial charge in [-0.1, -0.05) is 11.2 Å². The van der Waals surface area contributed by atoms with Crippen LogP contribution in [0.25, 0.3) is 10.4 Å². The van der Waals surface area contributed by atoms with E-state index in [0.29, 0.717) is 30.0 Å². The molecular formula is C10H9N3O3. The van der Waals surface area contributed by atoms with E-state index in [4.69, 9.17) is 15.0 Å². The zero-order chi connectivity index (χ0) is 11.4. The number of fused-ring (bicyclic) bond motifs is 1. The van der Waals surface area contributed by atoms with Crippen LogP contribution in [0.5, 0.6) is 11.5 Å². The summed E-state index contributed by atoms with van der Waals surface area (Å²) in [7, 11) is 0. The van der Waals surface area contributed by atoms with Crippen molar-refractivity contribution in [2.75, 3.05) is 13.2 Å². The third kappa shape index (κ3) is 1.92. The van der Waals surface area contributed by atoms with E-state index in [0.717, 1.165) is 0 Å². The second-order valence-corrected chi connectivity index (χ2v) is 3.26. The number of rotatable bonds is 3. The topological polar surface area (TPSA) is 84.3 Å². The highest BCUT2D eigenvalue weighted by atomic mass is 16.6. The first-order valence-electron chi connectivity index (χ1n) is 4.73. The summed E-state index contributed by atoms with van der Waals surface area (Å²) in [6.45, 7) is 0.497. The number of ether oxygens (including phenoxy) is 2. The summed E-state index contributed by atoms with van der Waals surface area (Å²) in [5.41, 5.74) is 8.63. The molecule has 1 heterocycles. The van der Waals surface area contributed by atoms with Gasteiger partial charge in [0.25, 0.3) is 0 Å². The molecule has 1 aromatic carbocycles. The molecule has 0 radical (unpaired) electrons. The Balaban J connectivity index is 2.24. The number of nitrogens with zero attached hydrogens (tertiary/aromatic N) is 3. The van der Waals surface area contributed by atoms with Gasteiger partial charge in [0, 0.05) is 4.91 Å². The molecule has 6 heteroatoms. The molecule has 16 heavy (non-hydrogen) atoms. The van der Waals surface area contributed by atoms with Gasteiger partial charge in [-0.2, -0.15) is 0 Å². The molecule has 0 spiro atoms. The Kier molecular flexibility index (Phi) is 2.93. The van der Waals surface area contributed by atoms with Crippen molar-refractivity contribution in [2.24, 2.45) is 5.11 Å². The SMILES string of the molecule is [N-]=[N+]=NCC1COc2cccc(C=O)c2O1. The maximum Gasteiger partial charge on any atom is 0.172 e. The van der Waals surface area contributed by atoms with Crippen molar-refractivity contribution in [2.45, 2.75) is 6.10 Å². The summed E-state index contributed by atoms with van der Waals surface area (Å²) in [4.78, 5) is 13.4. The zero-order valence-electron chi connectivity index (χ0n) is 8.37. The van der Waals surface area contributed by atoms with Crippen LogP contribution in [0.3, 0.4) is 0 Å². The lowest BCUT2D eigenvalue weighted by Crippen LogP contribution is -2.32. The summed E-state index contributed by atoms with van der Waals surface area (Å²) in [5.74, 6) is 0.962. The molecule has 2 rings (SSSR count). The van der Waals surface area contributed by atoms with E-state index >= 15 is 0 Å². The molecule has 1 aliphatic rings. The lowest BCUT2D eigenvalue weighted by Gasteiger charge is -2.26. The van der Waals surface area contributed by atoms with Crippen LogP contribution in [0, 0.1) is 0 Å². The number of azide groups is 1. The number of hydrogen-bond donors (Lipinski definition) is 0. The van der Waals surface area contributed by atoms with E-state index in [2.05, 4.69) is 10.0 Å². The van der Waals surface area contributed by atoms with Crippen molar-refractivity contribution >= 4 is 6.29 Å². The highest BCUT2D eigenvalue weighted by Gasteiger charge is 2.22. The van der Waals surface area contributed by atoms with E-state index in [9.17, 15) is 4.79 Å². The fraction of sp³-hybridized carbons (Fsp3) is 0.300. The second-order valence-electron chi connectivity index (χ2n) is 3.26. The number of carbonyl (C=O) groups is 1. The van der Waals surface area contributed by atoms with Gasteiger partial charge in [0.2, 0.25) is 0 Å². The first-order chi connectivity index (χ1) is 7.85. The molecule has 1 aliphatic heterocycles. The molecule has 6 nitrogen and oxygen atoms in total. The van der Waals surface area contributed by atoms with Gasteiger partial charge in [-0.3, -0.25) is 4.79 Å². The van der Waals surface area contributed by atoms with Crippen LogP contribution in [0.1, 0.15) is 10.4 Å². The minimum atomic E-state index is -0.343. The summed E-state index contributed by atoms with van der Waals surface area (Å²) in [6, 6.07) is 5.09. The summed E-state index contributed by atoms with van der Waals surface area (Å²) in [5, 5.41) is 3.41. The summed E-state index contributed by atoms with van der Waals surface area (Å²) in [6.07, 6.45) is 0.363. The van der Waals surface area contributed by atoms with Crippen LogP contribution in [0.4, 0.5) is 0 Å². The highest BCUT2D eigenvalue weighted by molar-refractivity contribution is 5.81. The van der Waals surface area contributed by atoms with Crippen LogP contribution < -0.4 is 9.47 Å². The minimum absolute atomic E-state index is 0.184. The van der Waals surface area contributed by atoms with Gasteiger partial charge in [0.15, 0.2) is 17.8 Å². The number of hydrogen-bond acceptors (Lipinski definition) is 4. The minimum Gasteiger partial charge on any atom is -0.486 e. The molecule has 0 fully saturated rings. The van der Waals surface area contributed by atoms with Crippen LogP contribution in [-0.4, -0.2) is 25.5 Å². The molecule has 0 saturated carbocycles. The average Bonchev–Trinajstić information content (AvgIpc) is 2.35. The van der Waals surface area contributed by atoms with Crippen LogP contribution >= 0.6 is 0 Å². The van der Waals surface area contributed by atoms with Gasteiger partial charge in [-0.05, 0) is 17.7 Å². The normalized spacial score (nSPS) is 17.4. The van der Waals surface area contributed by atoms with Crippen molar-refractivity contribution in [1.82, 2.24) is 0 Å². The highest BCUT2D eigenvalue weighted by Crippen LogP contribution is 2.34. The van der Waals surface area contributed by atoms with Crippen molar-refractivity contribution < 1.29 is 14.3 Å². The average molecular weight is 219 g/mol. The maximum absolute atomic E-state index is 10.8. The van der Waals surface area contributed by atoms with Gasteiger partial charge < -0.3 is 9.47 Å². The van der Waals surface area contributed by atoms with Gasteiger partial charge in [-0.15, -0.1) is 0 Å². The lowest BCUT2D eigenvalue weighted by atomic mass is 10.2. The van der Waals surface area contributed by atoms with E-state index in [1.165, 1.54) is 0 Å². The third-order valence-electron chi connectivity index (χ3n) is 2.19. The molecule has 0 N–H and O–H groups in total. The Morgan fingerprint density at radius 1 is 1.62 bits per heavy atom. The summed E-state index contributed by atoms with van der Waals surface area (Å²) < 4.78 is 10.9. The third-order valence-corrected chi connectivity index (χ3v) is 2.19. The maximum atomic E-state index is 10.8. The molecule has 1 aromatic rings. The van der Waals surface area contributed by atoms with E-state index in [1.54, 1.807) is 18.2 Å². The first-order valence-corrected chi connectivity index (χ1v) is 4.73. The van der Waals surface area contributed by atoms with Crippen molar-refractivity contribution in [3.8, 4) is 11.5 Å². The fourth-order valence-electron chi connectivity index (χ4n) is 1.47. The molecule has 82 valence electrons. The van der Waals surface area contributed by atoms with Crippen molar-refractivity contribution in [1.29, 1.82) is 0 Å². The molecule has 1 unspecified atom stereocenters. The Bertz CT molecular complexity index is 455. The van der Waals surface area contributed by atoms with Crippen molar-refractivity contribution in [3.63, 3.8) is 0 Å². The Labute approximate surface area is 91.4 Å². The monoisotopic (exact) mass is 219 g/mol. The molecule has 0 aliphatic carbocycles.